The van der Waals surface area contributed by atoms with Crippen molar-refractivity contribution in [3.8, 4) is 11.5 Å². The van der Waals surface area contributed by atoms with Gasteiger partial charge < -0.3 is 9.47 Å². The number of carbonyl (C=O) groups is 1. The summed E-state index contributed by atoms with van der Waals surface area (Å²) in [5, 5.41) is 1.87. The third-order valence-corrected chi connectivity index (χ3v) is 4.72. The summed E-state index contributed by atoms with van der Waals surface area (Å²) in [6, 6.07) is 17.0. The molecule has 0 aliphatic rings. The number of carbonyl (C=O) groups excluding carboxylic acids is 1. The lowest BCUT2D eigenvalue weighted by molar-refractivity contribution is -0.136. The number of hydrogen-bond donors (Lipinski definition) is 0. The monoisotopic (exact) mass is 448 g/mol. The Hall–Kier alpha value is -1.85. The van der Waals surface area contributed by atoms with Gasteiger partial charge >= 0.3 is 5.97 Å². The number of rotatable bonds is 4. The van der Waals surface area contributed by atoms with E-state index < -0.39 is 5.97 Å². The van der Waals surface area contributed by atoms with Crippen LogP contribution in [-0.4, -0.2) is 12.6 Å². The van der Waals surface area contributed by atoms with Gasteiger partial charge in [-0.15, -0.1) is 0 Å². The molecule has 0 aliphatic carbocycles. The van der Waals surface area contributed by atoms with Crippen LogP contribution in [0.5, 0.6) is 11.5 Å². The molecule has 0 saturated carbocycles. The van der Waals surface area contributed by atoms with Crippen molar-refractivity contribution in [1.29, 1.82) is 0 Å². The molecule has 3 aromatic rings. The molecule has 3 rings (SSSR count). The Labute approximate surface area is 156 Å². The Morgan fingerprint density at radius 3 is 2.42 bits per heavy atom. The van der Waals surface area contributed by atoms with Gasteiger partial charge in [0.2, 0.25) is 0 Å². The average Bonchev–Trinajstić information content (AvgIpc) is 2.57. The van der Waals surface area contributed by atoms with Crippen LogP contribution in [0.4, 0.5) is 0 Å². The molecule has 5 heteroatoms. The zero-order valence-electron chi connectivity index (χ0n) is 12.9. The molecule has 0 aliphatic heterocycles. The fourth-order valence-corrected chi connectivity index (χ4v) is 3.34. The molecule has 0 saturated heterocycles. The highest BCUT2D eigenvalue weighted by Gasteiger charge is 2.11. The number of benzene rings is 3. The fraction of sp³-hybridized carbons (Fsp3) is 0.105. The summed E-state index contributed by atoms with van der Waals surface area (Å²) in [5.41, 5.74) is 0.950. The minimum atomic E-state index is -0.440. The molecule has 0 fully saturated rings. The van der Waals surface area contributed by atoms with Crippen LogP contribution in [0.2, 0.25) is 0 Å². The molecule has 0 amide bonds. The molecule has 0 radical (unpaired) electrons. The summed E-state index contributed by atoms with van der Waals surface area (Å²) in [7, 11) is 0. The van der Waals surface area contributed by atoms with E-state index in [9.17, 15) is 4.79 Å². The molecule has 0 heterocycles. The molecule has 0 aromatic heterocycles. The van der Waals surface area contributed by atoms with Crippen LogP contribution in [-0.2, 0) is 4.79 Å². The van der Waals surface area contributed by atoms with Gasteiger partial charge in [-0.25, -0.2) is 4.79 Å². The van der Waals surface area contributed by atoms with E-state index in [0.29, 0.717) is 11.5 Å². The molecule has 0 N–H and O–H groups in total. The summed E-state index contributed by atoms with van der Waals surface area (Å²) >= 11 is 6.90. The van der Waals surface area contributed by atoms with Crippen molar-refractivity contribution in [2.75, 3.05) is 6.61 Å². The number of aryl methyl sites for hydroxylation is 1. The van der Waals surface area contributed by atoms with Crippen LogP contribution < -0.4 is 9.47 Å². The Kier molecular flexibility index (Phi) is 5.21. The normalized spacial score (nSPS) is 10.6. The van der Waals surface area contributed by atoms with Gasteiger partial charge in [-0.2, -0.15) is 0 Å². The van der Waals surface area contributed by atoms with Gasteiger partial charge in [0.15, 0.2) is 6.61 Å². The topological polar surface area (TPSA) is 35.5 Å². The standard InChI is InChI=1S/C19H14Br2O3/c1-12-10-13(20)6-8-17(12)23-11-19(22)24-18-9-7-16(21)14-4-2-3-5-15(14)18/h2-10H,11H2,1H3. The highest BCUT2D eigenvalue weighted by molar-refractivity contribution is 9.11. The third kappa shape index (κ3) is 3.79. The second-order valence-electron chi connectivity index (χ2n) is 5.26. The number of ether oxygens (including phenoxy) is 2. The Morgan fingerprint density at radius 1 is 0.958 bits per heavy atom. The van der Waals surface area contributed by atoms with E-state index in [1.807, 2.05) is 55.5 Å². The first kappa shape index (κ1) is 17.0. The SMILES string of the molecule is Cc1cc(Br)ccc1OCC(=O)Oc1ccc(Br)c2ccccc12. The van der Waals surface area contributed by atoms with E-state index in [1.165, 1.54) is 0 Å². The maximum atomic E-state index is 12.1. The van der Waals surface area contributed by atoms with Crippen LogP contribution in [0.3, 0.4) is 0 Å². The second-order valence-corrected chi connectivity index (χ2v) is 7.03. The maximum absolute atomic E-state index is 12.1. The van der Waals surface area contributed by atoms with Crippen molar-refractivity contribution in [3.63, 3.8) is 0 Å². The van der Waals surface area contributed by atoms with E-state index >= 15 is 0 Å². The zero-order chi connectivity index (χ0) is 17.1. The molecule has 122 valence electrons. The first-order valence-corrected chi connectivity index (χ1v) is 8.90. The second kappa shape index (κ2) is 7.36. The van der Waals surface area contributed by atoms with Crippen molar-refractivity contribution in [2.24, 2.45) is 0 Å². The van der Waals surface area contributed by atoms with E-state index in [2.05, 4.69) is 31.9 Å². The molecular weight excluding hydrogens is 436 g/mol. The molecule has 0 atom stereocenters. The van der Waals surface area contributed by atoms with Gasteiger partial charge in [0.25, 0.3) is 0 Å². The van der Waals surface area contributed by atoms with Crippen molar-refractivity contribution in [3.05, 3.63) is 69.1 Å². The number of esters is 1. The molecule has 0 spiro atoms. The number of hydrogen-bond acceptors (Lipinski definition) is 3. The Balaban J connectivity index is 1.72. The Bertz CT molecular complexity index is 906. The first-order valence-electron chi connectivity index (χ1n) is 7.31. The molecule has 3 aromatic carbocycles. The largest absolute Gasteiger partial charge is 0.482 e. The molecule has 0 unspecified atom stereocenters. The quantitative estimate of drug-likeness (QED) is 0.381. The van der Waals surface area contributed by atoms with Gasteiger partial charge in [-0.05, 0) is 48.2 Å². The van der Waals surface area contributed by atoms with Crippen LogP contribution in [0.25, 0.3) is 10.8 Å². The van der Waals surface area contributed by atoms with Crippen molar-refractivity contribution in [2.45, 2.75) is 6.92 Å². The zero-order valence-corrected chi connectivity index (χ0v) is 16.1. The molecule has 3 nitrogen and oxygen atoms in total. The predicted octanol–water partition coefficient (Wildman–Crippen LogP) is 5.66. The molecule has 24 heavy (non-hydrogen) atoms. The average molecular weight is 450 g/mol. The Morgan fingerprint density at radius 2 is 1.67 bits per heavy atom. The summed E-state index contributed by atoms with van der Waals surface area (Å²) in [5.74, 6) is 0.746. The van der Waals surface area contributed by atoms with Gasteiger partial charge in [-0.3, -0.25) is 0 Å². The maximum Gasteiger partial charge on any atom is 0.349 e. The summed E-state index contributed by atoms with van der Waals surface area (Å²) in [4.78, 5) is 12.1. The first-order chi connectivity index (χ1) is 11.5. The fourth-order valence-electron chi connectivity index (χ4n) is 2.39. The van der Waals surface area contributed by atoms with Crippen LogP contribution in [0.1, 0.15) is 5.56 Å². The van der Waals surface area contributed by atoms with Gasteiger partial charge in [0.1, 0.15) is 11.5 Å². The van der Waals surface area contributed by atoms with Crippen LogP contribution >= 0.6 is 31.9 Å². The molecule has 0 bridgehead atoms. The number of halogens is 2. The van der Waals surface area contributed by atoms with Crippen molar-refractivity contribution < 1.29 is 14.3 Å². The summed E-state index contributed by atoms with van der Waals surface area (Å²) in [6.07, 6.45) is 0. The van der Waals surface area contributed by atoms with E-state index in [1.54, 1.807) is 6.07 Å². The highest BCUT2D eigenvalue weighted by Crippen LogP contribution is 2.31. The van der Waals surface area contributed by atoms with Crippen molar-refractivity contribution >= 4 is 48.6 Å². The lowest BCUT2D eigenvalue weighted by Gasteiger charge is -2.11. The third-order valence-electron chi connectivity index (χ3n) is 3.54. The summed E-state index contributed by atoms with van der Waals surface area (Å²) < 4.78 is 13.0. The van der Waals surface area contributed by atoms with Crippen molar-refractivity contribution in [1.82, 2.24) is 0 Å². The van der Waals surface area contributed by atoms with Gasteiger partial charge in [0.05, 0.1) is 0 Å². The van der Waals surface area contributed by atoms with E-state index in [-0.39, 0.29) is 6.61 Å². The minimum Gasteiger partial charge on any atom is -0.482 e. The van der Waals surface area contributed by atoms with E-state index in [4.69, 9.17) is 9.47 Å². The lowest BCUT2D eigenvalue weighted by atomic mass is 10.1. The van der Waals surface area contributed by atoms with Gasteiger partial charge in [0, 0.05) is 14.3 Å². The molecular formula is C19H14Br2O3. The number of fused-ring (bicyclic) bond motifs is 1. The van der Waals surface area contributed by atoms with Gasteiger partial charge in [-0.1, -0.05) is 56.1 Å². The lowest BCUT2D eigenvalue weighted by Crippen LogP contribution is -2.18. The van der Waals surface area contributed by atoms with E-state index in [0.717, 1.165) is 25.3 Å². The predicted molar refractivity (Wildman–Crippen MR) is 102 cm³/mol. The smallest absolute Gasteiger partial charge is 0.349 e. The van der Waals surface area contributed by atoms with Crippen LogP contribution in [0, 0.1) is 6.92 Å². The van der Waals surface area contributed by atoms with Crippen LogP contribution in [0.15, 0.2) is 63.5 Å². The highest BCUT2D eigenvalue weighted by atomic mass is 79.9. The minimum absolute atomic E-state index is 0.146. The summed E-state index contributed by atoms with van der Waals surface area (Å²) in [6.45, 7) is 1.78.